The Bertz CT molecular complexity index is 388. The molecule has 0 radical (unpaired) electrons. The summed E-state index contributed by atoms with van der Waals surface area (Å²) in [7, 11) is 0. The molecule has 2 N–H and O–H groups in total. The van der Waals surface area contributed by atoms with Crippen molar-refractivity contribution in [2.75, 3.05) is 6.61 Å². The predicted octanol–water partition coefficient (Wildman–Crippen LogP) is 2.80. The summed E-state index contributed by atoms with van der Waals surface area (Å²) in [6, 6.07) is 0. The molecule has 0 aromatic heterocycles. The highest BCUT2D eigenvalue weighted by molar-refractivity contribution is 5.24. The van der Waals surface area contributed by atoms with E-state index in [-0.39, 0.29) is 5.54 Å². The number of nitrogens with two attached hydrogens (primary N) is 1. The van der Waals surface area contributed by atoms with Crippen molar-refractivity contribution in [1.29, 1.82) is 0 Å². The molecule has 2 unspecified atom stereocenters. The fourth-order valence-electron chi connectivity index (χ4n) is 4.75. The van der Waals surface area contributed by atoms with Crippen molar-refractivity contribution in [2.45, 2.75) is 50.2 Å². The van der Waals surface area contributed by atoms with Gasteiger partial charge in [0.25, 0.3) is 0 Å². The molecule has 2 bridgehead atoms. The lowest BCUT2D eigenvalue weighted by molar-refractivity contribution is -0.146. The van der Waals surface area contributed by atoms with E-state index in [1.165, 1.54) is 38.5 Å². The Morgan fingerprint density at radius 1 is 1.11 bits per heavy atom. The van der Waals surface area contributed by atoms with Crippen LogP contribution in [-0.4, -0.2) is 18.2 Å². The average Bonchev–Trinajstić information content (AvgIpc) is 2.21. The highest BCUT2D eigenvalue weighted by Gasteiger charge is 2.65. The van der Waals surface area contributed by atoms with Gasteiger partial charge in [-0.15, -0.1) is 0 Å². The summed E-state index contributed by atoms with van der Waals surface area (Å²) in [5, 5.41) is 0. The standard InChI is InChI=1S/C16H23NO/c17-16-9-15(10-16,11-16)8-13-4-2-1-3-12(13)7-14-5-6-18-14/h1-4,12-14H,5-11,17H2/t12-,13?,14?,15?,16?/m1/s1. The minimum atomic E-state index is 0.251. The summed E-state index contributed by atoms with van der Waals surface area (Å²) in [5.41, 5.74) is 7.04. The average molecular weight is 245 g/mol. The molecule has 0 aromatic carbocycles. The Hall–Kier alpha value is -0.600. The van der Waals surface area contributed by atoms with Crippen molar-refractivity contribution < 1.29 is 4.74 Å². The molecule has 98 valence electrons. The smallest absolute Gasteiger partial charge is 0.0602 e. The number of allylic oxidation sites excluding steroid dienone is 4. The molecule has 2 nitrogen and oxygen atoms in total. The van der Waals surface area contributed by atoms with Crippen LogP contribution in [0.2, 0.25) is 0 Å². The molecule has 0 amide bonds. The Labute approximate surface area is 109 Å². The van der Waals surface area contributed by atoms with Gasteiger partial charge in [-0.25, -0.2) is 0 Å². The second-order valence-electron chi connectivity index (χ2n) is 7.21. The van der Waals surface area contributed by atoms with Crippen molar-refractivity contribution in [2.24, 2.45) is 23.0 Å². The first-order valence-electron chi connectivity index (χ1n) is 7.42. The normalized spacial score (nSPS) is 52.4. The molecule has 5 rings (SSSR count). The van der Waals surface area contributed by atoms with Crippen LogP contribution in [-0.2, 0) is 4.74 Å². The van der Waals surface area contributed by atoms with Crippen molar-refractivity contribution in [1.82, 2.24) is 0 Å². The summed E-state index contributed by atoms with van der Waals surface area (Å²) in [6.07, 6.45) is 17.5. The highest BCUT2D eigenvalue weighted by atomic mass is 16.5. The SMILES string of the molecule is NC12CC(CC3C=CC=C[C@@H]3CC3CCO3)(C1)C2. The number of hydrogen-bond acceptors (Lipinski definition) is 2. The van der Waals surface area contributed by atoms with Crippen molar-refractivity contribution >= 4 is 0 Å². The van der Waals surface area contributed by atoms with Crippen LogP contribution in [0.5, 0.6) is 0 Å². The van der Waals surface area contributed by atoms with Gasteiger partial charge in [-0.2, -0.15) is 0 Å². The van der Waals surface area contributed by atoms with Gasteiger partial charge in [0.05, 0.1) is 6.10 Å². The van der Waals surface area contributed by atoms with Crippen LogP contribution in [0.1, 0.15) is 38.5 Å². The lowest BCUT2D eigenvalue weighted by Crippen LogP contribution is -2.72. The van der Waals surface area contributed by atoms with E-state index in [4.69, 9.17) is 10.5 Å². The molecule has 1 heterocycles. The van der Waals surface area contributed by atoms with E-state index >= 15 is 0 Å². The summed E-state index contributed by atoms with van der Waals surface area (Å²) >= 11 is 0. The number of rotatable bonds is 4. The Morgan fingerprint density at radius 2 is 1.78 bits per heavy atom. The van der Waals surface area contributed by atoms with E-state index in [0.717, 1.165) is 12.5 Å². The fourth-order valence-corrected chi connectivity index (χ4v) is 4.75. The molecule has 18 heavy (non-hydrogen) atoms. The van der Waals surface area contributed by atoms with E-state index in [9.17, 15) is 0 Å². The number of ether oxygens (including phenoxy) is 1. The van der Waals surface area contributed by atoms with Gasteiger partial charge in [-0.3, -0.25) is 0 Å². The van der Waals surface area contributed by atoms with Gasteiger partial charge in [-0.1, -0.05) is 24.3 Å². The van der Waals surface area contributed by atoms with Gasteiger partial charge in [0.15, 0.2) is 0 Å². The second-order valence-corrected chi connectivity index (χ2v) is 7.21. The van der Waals surface area contributed by atoms with Gasteiger partial charge in [0.2, 0.25) is 0 Å². The monoisotopic (exact) mass is 245 g/mol. The van der Waals surface area contributed by atoms with Crippen molar-refractivity contribution in [3.8, 4) is 0 Å². The molecular formula is C16H23NO. The Morgan fingerprint density at radius 3 is 2.33 bits per heavy atom. The first kappa shape index (κ1) is 11.2. The van der Waals surface area contributed by atoms with Gasteiger partial charge < -0.3 is 10.5 Å². The van der Waals surface area contributed by atoms with Crippen LogP contribution >= 0.6 is 0 Å². The van der Waals surface area contributed by atoms with Crippen molar-refractivity contribution in [3.05, 3.63) is 24.3 Å². The van der Waals surface area contributed by atoms with E-state index in [2.05, 4.69) is 24.3 Å². The topological polar surface area (TPSA) is 35.2 Å². The van der Waals surface area contributed by atoms with Gasteiger partial charge in [-0.05, 0) is 55.8 Å². The molecular weight excluding hydrogens is 222 g/mol. The third-order valence-corrected chi connectivity index (χ3v) is 5.56. The summed E-state index contributed by atoms with van der Waals surface area (Å²) in [5.74, 6) is 1.42. The maximum absolute atomic E-state index is 6.17. The maximum atomic E-state index is 6.17. The minimum Gasteiger partial charge on any atom is -0.378 e. The zero-order valence-electron chi connectivity index (χ0n) is 11.0. The van der Waals surface area contributed by atoms with E-state index in [0.29, 0.717) is 17.4 Å². The predicted molar refractivity (Wildman–Crippen MR) is 72.1 cm³/mol. The first-order valence-corrected chi connectivity index (χ1v) is 7.42. The second kappa shape index (κ2) is 3.71. The molecule has 2 heteroatoms. The van der Waals surface area contributed by atoms with E-state index < -0.39 is 0 Å². The third kappa shape index (κ3) is 1.70. The van der Waals surface area contributed by atoms with E-state index in [1.807, 2.05) is 0 Å². The summed E-state index contributed by atoms with van der Waals surface area (Å²) < 4.78 is 5.60. The van der Waals surface area contributed by atoms with Crippen LogP contribution in [0, 0.1) is 17.3 Å². The molecule has 5 aliphatic rings. The Kier molecular flexibility index (Phi) is 2.31. The van der Waals surface area contributed by atoms with Crippen LogP contribution < -0.4 is 5.73 Å². The van der Waals surface area contributed by atoms with Crippen LogP contribution in [0.15, 0.2) is 24.3 Å². The molecule has 1 aliphatic heterocycles. The molecule has 1 saturated heterocycles. The lowest BCUT2D eigenvalue weighted by Gasteiger charge is -2.70. The van der Waals surface area contributed by atoms with Crippen molar-refractivity contribution in [3.63, 3.8) is 0 Å². The lowest BCUT2D eigenvalue weighted by atomic mass is 9.38. The zero-order chi connectivity index (χ0) is 12.2. The number of hydrogen-bond donors (Lipinski definition) is 1. The largest absolute Gasteiger partial charge is 0.378 e. The quantitative estimate of drug-likeness (QED) is 0.826. The zero-order valence-corrected chi connectivity index (χ0v) is 11.0. The molecule has 4 fully saturated rings. The fraction of sp³-hybridized carbons (Fsp3) is 0.750. The van der Waals surface area contributed by atoms with Crippen LogP contribution in [0.25, 0.3) is 0 Å². The minimum absolute atomic E-state index is 0.251. The maximum Gasteiger partial charge on any atom is 0.0602 e. The molecule has 0 aromatic rings. The molecule has 4 aliphatic carbocycles. The summed E-state index contributed by atoms with van der Waals surface area (Å²) in [6.45, 7) is 0.973. The molecule has 3 atom stereocenters. The van der Waals surface area contributed by atoms with Crippen LogP contribution in [0.3, 0.4) is 0 Å². The van der Waals surface area contributed by atoms with Gasteiger partial charge >= 0.3 is 0 Å². The third-order valence-electron chi connectivity index (χ3n) is 5.56. The molecule has 3 saturated carbocycles. The molecule has 0 spiro atoms. The first-order chi connectivity index (χ1) is 8.67. The van der Waals surface area contributed by atoms with E-state index in [1.54, 1.807) is 0 Å². The summed E-state index contributed by atoms with van der Waals surface area (Å²) in [4.78, 5) is 0. The van der Waals surface area contributed by atoms with Gasteiger partial charge in [0, 0.05) is 12.1 Å². The van der Waals surface area contributed by atoms with Crippen LogP contribution in [0.4, 0.5) is 0 Å². The van der Waals surface area contributed by atoms with Gasteiger partial charge in [0.1, 0.15) is 0 Å². The Balaban J connectivity index is 1.39. The highest BCUT2D eigenvalue weighted by Crippen LogP contribution is 2.69.